The highest BCUT2D eigenvalue weighted by atomic mass is 32.2. The summed E-state index contributed by atoms with van der Waals surface area (Å²) in [7, 11) is -3.56. The van der Waals surface area contributed by atoms with Crippen molar-refractivity contribution in [3.8, 4) is 11.5 Å². The molecular weight excluding hydrogens is 442 g/mol. The summed E-state index contributed by atoms with van der Waals surface area (Å²) in [5, 5.41) is 14.4. The third kappa shape index (κ3) is 5.14. The van der Waals surface area contributed by atoms with E-state index in [0.29, 0.717) is 24.3 Å². The average Bonchev–Trinajstić information content (AvgIpc) is 3.42. The van der Waals surface area contributed by atoms with Crippen molar-refractivity contribution in [2.75, 3.05) is 24.2 Å². The molecule has 31 heavy (non-hydrogen) atoms. The molecular formula is C19H21N5O5S2. The monoisotopic (exact) mass is 463 g/mol. The third-order valence-electron chi connectivity index (χ3n) is 4.66. The van der Waals surface area contributed by atoms with Crippen molar-refractivity contribution in [2.24, 2.45) is 0 Å². The van der Waals surface area contributed by atoms with E-state index >= 15 is 0 Å². The zero-order valence-corrected chi connectivity index (χ0v) is 18.4. The first-order valence-corrected chi connectivity index (χ1v) is 12.1. The van der Waals surface area contributed by atoms with Gasteiger partial charge in [0.05, 0.1) is 16.3 Å². The maximum Gasteiger partial charge on any atom is 0.277 e. The number of carbonyl (C=O) groups excluding carboxylic acids is 1. The van der Waals surface area contributed by atoms with Crippen LogP contribution in [0.15, 0.2) is 49.4 Å². The topological polar surface area (TPSA) is 131 Å². The summed E-state index contributed by atoms with van der Waals surface area (Å²) in [6.45, 7) is 2.81. The number of aromatic nitrogens is 3. The van der Waals surface area contributed by atoms with Gasteiger partial charge in [-0.1, -0.05) is 29.4 Å². The van der Waals surface area contributed by atoms with E-state index in [1.807, 2.05) is 0 Å². The van der Waals surface area contributed by atoms with Gasteiger partial charge >= 0.3 is 0 Å². The van der Waals surface area contributed by atoms with Crippen LogP contribution in [0.25, 0.3) is 11.5 Å². The third-order valence-corrected chi connectivity index (χ3v) is 7.37. The summed E-state index contributed by atoms with van der Waals surface area (Å²) in [6.07, 6.45) is 2.78. The number of nitrogens with zero attached hydrogens (tertiary/aromatic N) is 4. The highest BCUT2D eigenvalue weighted by Crippen LogP contribution is 2.27. The smallest absolute Gasteiger partial charge is 0.277 e. The SMILES string of the molecule is Cc1cc(NC(=O)CSc2nnc(-c3cccc(S(=O)(=O)N4CCCCC4)c3)o2)on1. The number of amides is 1. The minimum Gasteiger partial charge on any atom is -0.411 e. The molecule has 0 radical (unpaired) electrons. The molecule has 1 N–H and O–H groups in total. The van der Waals surface area contributed by atoms with Gasteiger partial charge < -0.3 is 8.94 Å². The van der Waals surface area contributed by atoms with Crippen LogP contribution in [0.3, 0.4) is 0 Å². The number of piperidine rings is 1. The Bertz CT molecular complexity index is 1170. The molecule has 164 valence electrons. The lowest BCUT2D eigenvalue weighted by molar-refractivity contribution is -0.113. The molecule has 1 aromatic carbocycles. The van der Waals surface area contributed by atoms with Crippen LogP contribution in [0.5, 0.6) is 0 Å². The summed E-state index contributed by atoms with van der Waals surface area (Å²) < 4.78 is 37.9. The zero-order chi connectivity index (χ0) is 21.8. The van der Waals surface area contributed by atoms with E-state index in [1.165, 1.54) is 10.4 Å². The summed E-state index contributed by atoms with van der Waals surface area (Å²) in [4.78, 5) is 12.2. The van der Waals surface area contributed by atoms with Crippen LogP contribution in [0, 0.1) is 6.92 Å². The number of benzene rings is 1. The molecule has 1 fully saturated rings. The second-order valence-corrected chi connectivity index (χ2v) is 9.90. The lowest BCUT2D eigenvalue weighted by Gasteiger charge is -2.25. The second-order valence-electron chi connectivity index (χ2n) is 7.04. The largest absolute Gasteiger partial charge is 0.411 e. The van der Waals surface area contributed by atoms with E-state index < -0.39 is 10.0 Å². The standard InChI is InChI=1S/C19H21N5O5S2/c1-13-10-17(29-23-13)20-16(25)12-30-19-22-21-18(28-19)14-6-5-7-15(11-14)31(26,27)24-8-3-2-4-9-24/h5-7,10-11H,2-4,8-9,12H2,1H3,(H,20,25). The first-order chi connectivity index (χ1) is 14.9. The first kappa shape index (κ1) is 21.5. The van der Waals surface area contributed by atoms with Gasteiger partial charge in [0, 0.05) is 24.7 Å². The van der Waals surface area contributed by atoms with E-state index in [2.05, 4.69) is 20.7 Å². The summed E-state index contributed by atoms with van der Waals surface area (Å²) in [5.74, 6) is 0.172. The molecule has 0 aliphatic carbocycles. The summed E-state index contributed by atoms with van der Waals surface area (Å²) >= 11 is 1.06. The Balaban J connectivity index is 1.41. The molecule has 12 heteroatoms. The molecule has 0 atom stereocenters. The Morgan fingerprint density at radius 1 is 1.19 bits per heavy atom. The number of thioether (sulfide) groups is 1. The fourth-order valence-electron chi connectivity index (χ4n) is 3.15. The Morgan fingerprint density at radius 3 is 2.74 bits per heavy atom. The first-order valence-electron chi connectivity index (χ1n) is 9.72. The summed E-state index contributed by atoms with van der Waals surface area (Å²) in [5.41, 5.74) is 1.16. The normalized spacial score (nSPS) is 15.1. The van der Waals surface area contributed by atoms with Crippen LogP contribution in [0.2, 0.25) is 0 Å². The van der Waals surface area contributed by atoms with Gasteiger partial charge in [-0.15, -0.1) is 10.2 Å². The molecule has 1 aliphatic rings. The average molecular weight is 464 g/mol. The number of sulfonamides is 1. The lowest BCUT2D eigenvalue weighted by atomic mass is 10.2. The van der Waals surface area contributed by atoms with E-state index in [9.17, 15) is 13.2 Å². The molecule has 2 aromatic heterocycles. The van der Waals surface area contributed by atoms with Crippen molar-refractivity contribution in [1.29, 1.82) is 0 Å². The van der Waals surface area contributed by atoms with Gasteiger partial charge in [-0.25, -0.2) is 8.42 Å². The number of hydrogen-bond acceptors (Lipinski definition) is 9. The van der Waals surface area contributed by atoms with Crippen LogP contribution < -0.4 is 5.32 Å². The highest BCUT2D eigenvalue weighted by Gasteiger charge is 2.26. The number of hydrogen-bond donors (Lipinski definition) is 1. The van der Waals surface area contributed by atoms with E-state index in [1.54, 1.807) is 31.2 Å². The van der Waals surface area contributed by atoms with Crippen molar-refractivity contribution >= 4 is 33.6 Å². The Kier molecular flexibility index (Phi) is 6.39. The minimum atomic E-state index is -3.56. The molecule has 1 amide bonds. The molecule has 4 rings (SSSR count). The molecule has 1 saturated heterocycles. The van der Waals surface area contributed by atoms with Crippen molar-refractivity contribution < 1.29 is 22.2 Å². The van der Waals surface area contributed by atoms with Crippen molar-refractivity contribution in [3.05, 3.63) is 36.0 Å². The Hall–Kier alpha value is -2.70. The highest BCUT2D eigenvalue weighted by molar-refractivity contribution is 7.99. The second kappa shape index (κ2) is 9.20. The van der Waals surface area contributed by atoms with Crippen molar-refractivity contribution in [3.63, 3.8) is 0 Å². The van der Waals surface area contributed by atoms with Gasteiger partial charge in [-0.05, 0) is 38.0 Å². The molecule has 3 heterocycles. The van der Waals surface area contributed by atoms with Crippen LogP contribution in [0.1, 0.15) is 25.0 Å². The van der Waals surface area contributed by atoms with E-state index in [0.717, 1.165) is 31.0 Å². The number of nitrogens with one attached hydrogen (secondary N) is 1. The van der Waals surface area contributed by atoms with Crippen molar-refractivity contribution in [2.45, 2.75) is 36.3 Å². The zero-order valence-electron chi connectivity index (χ0n) is 16.8. The van der Waals surface area contributed by atoms with Gasteiger partial charge in [0.15, 0.2) is 0 Å². The molecule has 3 aromatic rings. The quantitative estimate of drug-likeness (QED) is 0.525. The van der Waals surface area contributed by atoms with Gasteiger partial charge in [-0.2, -0.15) is 4.31 Å². The predicted octanol–water partition coefficient (Wildman–Crippen LogP) is 2.94. The van der Waals surface area contributed by atoms with Crippen molar-refractivity contribution in [1.82, 2.24) is 19.7 Å². The maximum absolute atomic E-state index is 12.9. The number of rotatable bonds is 7. The molecule has 0 saturated carbocycles. The van der Waals surface area contributed by atoms with Gasteiger partial charge in [0.1, 0.15) is 0 Å². The van der Waals surface area contributed by atoms with E-state index in [4.69, 9.17) is 8.94 Å². The van der Waals surface area contributed by atoms with Crippen LogP contribution in [0.4, 0.5) is 5.88 Å². The van der Waals surface area contributed by atoms with Gasteiger partial charge in [0.2, 0.25) is 27.7 Å². The Morgan fingerprint density at radius 2 is 2.00 bits per heavy atom. The molecule has 0 bridgehead atoms. The number of carbonyl (C=O) groups is 1. The Labute approximate surface area is 183 Å². The van der Waals surface area contributed by atoms with Crippen LogP contribution in [-0.4, -0.2) is 52.8 Å². The lowest BCUT2D eigenvalue weighted by Crippen LogP contribution is -2.35. The predicted molar refractivity (Wildman–Crippen MR) is 113 cm³/mol. The minimum absolute atomic E-state index is 0.0325. The molecule has 10 nitrogen and oxygen atoms in total. The molecule has 0 unspecified atom stereocenters. The summed E-state index contributed by atoms with van der Waals surface area (Å²) in [6, 6.07) is 8.06. The van der Waals surface area contributed by atoms with Crippen LogP contribution in [-0.2, 0) is 14.8 Å². The number of aryl methyl sites for hydroxylation is 1. The molecule has 1 aliphatic heterocycles. The fraction of sp³-hybridized carbons (Fsp3) is 0.368. The maximum atomic E-state index is 12.9. The van der Waals surface area contributed by atoms with Crippen LogP contribution >= 0.6 is 11.8 Å². The molecule has 0 spiro atoms. The van der Waals surface area contributed by atoms with E-state index in [-0.39, 0.29) is 33.6 Å². The fourth-order valence-corrected chi connectivity index (χ4v) is 5.28. The van der Waals surface area contributed by atoms with Gasteiger partial charge in [-0.3, -0.25) is 10.1 Å². The number of anilines is 1. The van der Waals surface area contributed by atoms with Gasteiger partial charge in [0.25, 0.3) is 5.22 Å².